The molecule has 1 aliphatic heterocycles. The van der Waals surface area contributed by atoms with E-state index in [0.29, 0.717) is 5.56 Å². The summed E-state index contributed by atoms with van der Waals surface area (Å²) in [6.45, 7) is 1.23. The zero-order chi connectivity index (χ0) is 21.1. The minimum atomic E-state index is -0.731. The lowest BCUT2D eigenvalue weighted by atomic mass is 10.1. The number of ether oxygens (including phenoxy) is 3. The number of methoxy groups -OCH3 is 1. The van der Waals surface area contributed by atoms with Crippen molar-refractivity contribution in [3.05, 3.63) is 68.4 Å². The van der Waals surface area contributed by atoms with Crippen LogP contribution in [0, 0.1) is 10.1 Å². The van der Waals surface area contributed by atoms with Gasteiger partial charge in [0.1, 0.15) is 0 Å². The third-order valence-corrected chi connectivity index (χ3v) is 4.01. The van der Waals surface area contributed by atoms with Crippen molar-refractivity contribution in [1.82, 2.24) is 0 Å². The average Bonchev–Trinajstić information content (AvgIpc) is 3.04. The smallest absolute Gasteiger partial charge is 0.363 e. The summed E-state index contributed by atoms with van der Waals surface area (Å²) in [5.74, 6) is -1.11. The van der Waals surface area contributed by atoms with Gasteiger partial charge in [0.2, 0.25) is 5.90 Å². The van der Waals surface area contributed by atoms with Crippen LogP contribution < -0.4 is 9.47 Å². The van der Waals surface area contributed by atoms with E-state index in [4.69, 9.17) is 25.8 Å². The molecule has 0 amide bonds. The maximum absolute atomic E-state index is 12.2. The van der Waals surface area contributed by atoms with Crippen LogP contribution in [-0.2, 0) is 14.3 Å². The summed E-state index contributed by atoms with van der Waals surface area (Å²) in [5.41, 5.74) is 0.539. The lowest BCUT2D eigenvalue weighted by molar-refractivity contribution is -0.384. The second kappa shape index (κ2) is 8.11. The molecule has 0 spiro atoms. The Morgan fingerprint density at radius 3 is 2.72 bits per heavy atom. The number of non-ortho nitro benzene ring substituents is 1. The third-order valence-electron chi connectivity index (χ3n) is 3.73. The summed E-state index contributed by atoms with van der Waals surface area (Å²) in [7, 11) is 1.37. The zero-order valence-corrected chi connectivity index (χ0v) is 15.9. The van der Waals surface area contributed by atoms with Crippen molar-refractivity contribution in [1.29, 1.82) is 0 Å². The number of hydrogen-bond donors (Lipinski definition) is 0. The zero-order valence-electron chi connectivity index (χ0n) is 15.2. The van der Waals surface area contributed by atoms with Gasteiger partial charge < -0.3 is 14.2 Å². The van der Waals surface area contributed by atoms with Gasteiger partial charge in [0.05, 0.1) is 17.1 Å². The molecule has 2 aromatic rings. The highest BCUT2D eigenvalue weighted by molar-refractivity contribution is 6.32. The molecular formula is C19H13ClN2O7. The van der Waals surface area contributed by atoms with E-state index >= 15 is 0 Å². The van der Waals surface area contributed by atoms with Gasteiger partial charge in [-0.25, -0.2) is 9.79 Å². The maximum atomic E-state index is 12.2. The molecule has 0 radical (unpaired) electrons. The van der Waals surface area contributed by atoms with Crippen LogP contribution in [0.3, 0.4) is 0 Å². The quantitative estimate of drug-likeness (QED) is 0.240. The minimum Gasteiger partial charge on any atom is -0.493 e. The number of nitro benzene ring substituents is 1. The Morgan fingerprint density at radius 2 is 2.07 bits per heavy atom. The molecule has 0 saturated heterocycles. The summed E-state index contributed by atoms with van der Waals surface area (Å²) < 4.78 is 15.3. The Balaban J connectivity index is 1.97. The number of cyclic esters (lactones) is 1. The summed E-state index contributed by atoms with van der Waals surface area (Å²) in [5, 5.41) is 11.0. The van der Waals surface area contributed by atoms with E-state index in [2.05, 4.69) is 4.99 Å². The molecular weight excluding hydrogens is 404 g/mol. The standard InChI is InChI=1S/C19H13ClN2O7/c1-10(23)28-17-14(20)6-11(8-16(17)27-2)7-15-19(24)29-18(21-15)12-4-3-5-13(9-12)22(25)26/h3-9H,1-2H3/b15-7-. The molecule has 0 unspecified atom stereocenters. The summed E-state index contributed by atoms with van der Waals surface area (Å²) in [4.78, 5) is 37.8. The highest BCUT2D eigenvalue weighted by Crippen LogP contribution is 2.37. The molecule has 2 aromatic carbocycles. The molecule has 0 N–H and O–H groups in total. The first kappa shape index (κ1) is 20.0. The van der Waals surface area contributed by atoms with E-state index in [9.17, 15) is 19.7 Å². The van der Waals surface area contributed by atoms with E-state index in [1.165, 1.54) is 56.5 Å². The first-order valence-corrected chi connectivity index (χ1v) is 8.49. The largest absolute Gasteiger partial charge is 0.493 e. The molecule has 0 bridgehead atoms. The number of aliphatic imine (C=N–C) groups is 1. The number of carbonyl (C=O) groups is 2. The van der Waals surface area contributed by atoms with Crippen LogP contribution in [0.15, 0.2) is 47.1 Å². The summed E-state index contributed by atoms with van der Waals surface area (Å²) >= 11 is 6.15. The van der Waals surface area contributed by atoms with Crippen LogP contribution in [0.1, 0.15) is 18.1 Å². The fourth-order valence-electron chi connectivity index (χ4n) is 2.51. The fraction of sp³-hybridized carbons (Fsp3) is 0.105. The topological polar surface area (TPSA) is 117 Å². The van der Waals surface area contributed by atoms with Gasteiger partial charge in [-0.2, -0.15) is 0 Å². The normalized spacial score (nSPS) is 14.4. The van der Waals surface area contributed by atoms with E-state index in [1.807, 2.05) is 0 Å². The van der Waals surface area contributed by atoms with E-state index in [-0.39, 0.29) is 39.4 Å². The second-order valence-corrected chi connectivity index (χ2v) is 6.18. The maximum Gasteiger partial charge on any atom is 0.363 e. The van der Waals surface area contributed by atoms with Crippen molar-refractivity contribution in [2.75, 3.05) is 7.11 Å². The molecule has 1 aliphatic rings. The fourth-order valence-corrected chi connectivity index (χ4v) is 2.77. The van der Waals surface area contributed by atoms with Crippen molar-refractivity contribution in [2.45, 2.75) is 6.92 Å². The summed E-state index contributed by atoms with van der Waals surface area (Å²) in [6, 6.07) is 8.54. The Hall–Kier alpha value is -3.72. The molecule has 1 heterocycles. The van der Waals surface area contributed by atoms with Crippen LogP contribution in [-0.4, -0.2) is 29.9 Å². The molecule has 0 aliphatic carbocycles. The third kappa shape index (κ3) is 4.41. The Kier molecular flexibility index (Phi) is 5.60. The Labute approximate surface area is 169 Å². The van der Waals surface area contributed by atoms with Gasteiger partial charge >= 0.3 is 11.9 Å². The SMILES string of the molecule is COc1cc(/C=C2\N=C(c3cccc([N+](=O)[O-])c3)OC2=O)cc(Cl)c1OC(C)=O. The summed E-state index contributed by atoms with van der Waals surface area (Å²) in [6.07, 6.45) is 1.40. The van der Waals surface area contributed by atoms with Gasteiger partial charge in [0.15, 0.2) is 17.2 Å². The number of benzene rings is 2. The van der Waals surface area contributed by atoms with Crippen LogP contribution in [0.4, 0.5) is 5.69 Å². The van der Waals surface area contributed by atoms with Gasteiger partial charge in [-0.15, -0.1) is 0 Å². The van der Waals surface area contributed by atoms with Crippen molar-refractivity contribution < 1.29 is 28.7 Å². The Bertz CT molecular complexity index is 1090. The van der Waals surface area contributed by atoms with Crippen LogP contribution in [0.2, 0.25) is 5.02 Å². The molecule has 29 heavy (non-hydrogen) atoms. The number of hydrogen-bond acceptors (Lipinski definition) is 8. The van der Waals surface area contributed by atoms with Gasteiger partial charge in [-0.3, -0.25) is 14.9 Å². The number of esters is 2. The predicted molar refractivity (Wildman–Crippen MR) is 103 cm³/mol. The van der Waals surface area contributed by atoms with Gasteiger partial charge in [-0.05, 0) is 29.8 Å². The van der Waals surface area contributed by atoms with Crippen molar-refractivity contribution in [3.8, 4) is 11.5 Å². The van der Waals surface area contributed by atoms with Crippen LogP contribution in [0.25, 0.3) is 6.08 Å². The molecule has 0 aromatic heterocycles. The molecule has 0 saturated carbocycles. The van der Waals surface area contributed by atoms with Crippen molar-refractivity contribution >= 4 is 41.2 Å². The molecule has 3 rings (SSSR count). The number of halogens is 1. The molecule has 10 heteroatoms. The highest BCUT2D eigenvalue weighted by Gasteiger charge is 2.25. The van der Waals surface area contributed by atoms with E-state index in [1.54, 1.807) is 0 Å². The molecule has 0 fully saturated rings. The lowest BCUT2D eigenvalue weighted by Gasteiger charge is -2.10. The average molecular weight is 417 g/mol. The number of nitrogens with zero attached hydrogens (tertiary/aromatic N) is 2. The second-order valence-electron chi connectivity index (χ2n) is 5.77. The van der Waals surface area contributed by atoms with Gasteiger partial charge in [0, 0.05) is 24.6 Å². The van der Waals surface area contributed by atoms with Crippen LogP contribution >= 0.6 is 11.6 Å². The van der Waals surface area contributed by atoms with Gasteiger partial charge in [0.25, 0.3) is 5.69 Å². The number of nitro groups is 1. The molecule has 0 atom stereocenters. The molecule has 148 valence electrons. The number of rotatable bonds is 5. The predicted octanol–water partition coefficient (Wildman–Crippen LogP) is 3.53. The lowest BCUT2D eigenvalue weighted by Crippen LogP contribution is -2.05. The van der Waals surface area contributed by atoms with E-state index in [0.717, 1.165) is 0 Å². The first-order chi connectivity index (χ1) is 13.8. The van der Waals surface area contributed by atoms with E-state index < -0.39 is 16.9 Å². The van der Waals surface area contributed by atoms with Crippen molar-refractivity contribution in [2.24, 2.45) is 4.99 Å². The van der Waals surface area contributed by atoms with Crippen LogP contribution in [0.5, 0.6) is 11.5 Å². The monoisotopic (exact) mass is 416 g/mol. The number of carbonyl (C=O) groups excluding carboxylic acids is 2. The minimum absolute atomic E-state index is 0.0372. The molecule has 9 nitrogen and oxygen atoms in total. The highest BCUT2D eigenvalue weighted by atomic mass is 35.5. The van der Waals surface area contributed by atoms with Crippen molar-refractivity contribution in [3.63, 3.8) is 0 Å². The Morgan fingerprint density at radius 1 is 1.31 bits per heavy atom. The van der Waals surface area contributed by atoms with Gasteiger partial charge in [-0.1, -0.05) is 17.7 Å². The first-order valence-electron chi connectivity index (χ1n) is 8.12.